The summed E-state index contributed by atoms with van der Waals surface area (Å²) in [6.07, 6.45) is 0.876. The van der Waals surface area contributed by atoms with Crippen molar-refractivity contribution >= 4 is 17.4 Å². The van der Waals surface area contributed by atoms with Crippen molar-refractivity contribution < 1.29 is 28.6 Å². The average Bonchev–Trinajstić information content (AvgIpc) is 3.12. The Bertz CT molecular complexity index is 1050. The maximum Gasteiger partial charge on any atom is 0.295 e. The van der Waals surface area contributed by atoms with Crippen LogP contribution in [0.2, 0.25) is 0 Å². The summed E-state index contributed by atoms with van der Waals surface area (Å²) < 4.78 is 24.5. The average molecular weight is 469 g/mol. The highest BCUT2D eigenvalue weighted by atomic mass is 19.1. The van der Waals surface area contributed by atoms with E-state index in [2.05, 4.69) is 4.90 Å². The quantitative estimate of drug-likeness (QED) is 0.364. The van der Waals surface area contributed by atoms with Crippen LogP contribution in [0.15, 0.2) is 54.1 Å². The fourth-order valence-electron chi connectivity index (χ4n) is 4.26. The van der Waals surface area contributed by atoms with Crippen LogP contribution in [0.3, 0.4) is 0 Å². The van der Waals surface area contributed by atoms with Crippen LogP contribution >= 0.6 is 0 Å². The Labute approximate surface area is 198 Å². The third kappa shape index (κ3) is 5.13. The van der Waals surface area contributed by atoms with Gasteiger partial charge >= 0.3 is 0 Å². The van der Waals surface area contributed by atoms with E-state index in [1.165, 1.54) is 29.2 Å². The van der Waals surface area contributed by atoms with Crippen LogP contribution in [-0.2, 0) is 14.3 Å². The maximum atomic E-state index is 13.4. The lowest BCUT2D eigenvalue weighted by Gasteiger charge is -2.31. The monoisotopic (exact) mass is 468 g/mol. The number of aliphatic hydroxyl groups excluding tert-OH is 1. The predicted octanol–water partition coefficient (Wildman–Crippen LogP) is 3.37. The summed E-state index contributed by atoms with van der Waals surface area (Å²) in [7, 11) is 0. The summed E-state index contributed by atoms with van der Waals surface area (Å²) in [6.45, 7) is 6.29. The molecule has 8 heteroatoms. The van der Waals surface area contributed by atoms with Crippen molar-refractivity contribution in [2.75, 3.05) is 46.0 Å². The number of carbonyl (C=O) groups excluding carboxylic acids is 2. The zero-order valence-corrected chi connectivity index (χ0v) is 19.2. The number of nitrogens with zero attached hydrogens (tertiary/aromatic N) is 2. The lowest BCUT2D eigenvalue weighted by molar-refractivity contribution is -0.140. The summed E-state index contributed by atoms with van der Waals surface area (Å²) in [4.78, 5) is 29.9. The highest BCUT2D eigenvalue weighted by Gasteiger charge is 2.46. The molecule has 2 fully saturated rings. The topological polar surface area (TPSA) is 79.3 Å². The zero-order valence-electron chi connectivity index (χ0n) is 19.2. The van der Waals surface area contributed by atoms with Gasteiger partial charge in [0, 0.05) is 31.7 Å². The van der Waals surface area contributed by atoms with Crippen molar-refractivity contribution in [3.8, 4) is 5.75 Å². The minimum absolute atomic E-state index is 0.000752. The summed E-state index contributed by atoms with van der Waals surface area (Å²) in [5.74, 6) is -1.49. The number of hydrogen-bond acceptors (Lipinski definition) is 6. The summed E-state index contributed by atoms with van der Waals surface area (Å²) >= 11 is 0. The van der Waals surface area contributed by atoms with Crippen LogP contribution < -0.4 is 4.74 Å². The van der Waals surface area contributed by atoms with Crippen LogP contribution in [0.5, 0.6) is 5.75 Å². The Morgan fingerprint density at radius 3 is 2.38 bits per heavy atom. The molecule has 1 N–H and O–H groups in total. The van der Waals surface area contributed by atoms with Gasteiger partial charge in [-0.1, -0.05) is 19.1 Å². The molecule has 2 aliphatic rings. The predicted molar refractivity (Wildman–Crippen MR) is 125 cm³/mol. The molecule has 1 amide bonds. The first-order valence-electron chi connectivity index (χ1n) is 11.6. The Morgan fingerprint density at radius 1 is 1.06 bits per heavy atom. The Balaban J connectivity index is 1.69. The second-order valence-electron chi connectivity index (χ2n) is 8.37. The van der Waals surface area contributed by atoms with E-state index in [1.807, 2.05) is 6.92 Å². The Kier molecular flexibility index (Phi) is 7.59. The van der Waals surface area contributed by atoms with Crippen LogP contribution in [-0.4, -0.2) is 72.6 Å². The second kappa shape index (κ2) is 10.8. The van der Waals surface area contributed by atoms with E-state index >= 15 is 0 Å². The van der Waals surface area contributed by atoms with Gasteiger partial charge in [-0.15, -0.1) is 0 Å². The van der Waals surface area contributed by atoms with E-state index < -0.39 is 23.5 Å². The first kappa shape index (κ1) is 23.9. The van der Waals surface area contributed by atoms with Crippen molar-refractivity contribution in [3.05, 3.63) is 71.0 Å². The molecule has 1 atom stereocenters. The number of likely N-dealkylation sites (tertiary alicyclic amines) is 1. The van der Waals surface area contributed by atoms with E-state index in [0.29, 0.717) is 44.2 Å². The molecule has 34 heavy (non-hydrogen) atoms. The number of ketones is 1. The molecule has 180 valence electrons. The number of amides is 1. The largest absolute Gasteiger partial charge is 0.507 e. The van der Waals surface area contributed by atoms with Crippen molar-refractivity contribution in [2.45, 2.75) is 19.4 Å². The number of ether oxygens (including phenoxy) is 2. The Hall–Kier alpha value is -3.23. The van der Waals surface area contributed by atoms with Gasteiger partial charge in [0.05, 0.1) is 31.4 Å². The van der Waals surface area contributed by atoms with Crippen LogP contribution in [0.4, 0.5) is 4.39 Å². The van der Waals surface area contributed by atoms with E-state index in [-0.39, 0.29) is 16.9 Å². The van der Waals surface area contributed by atoms with Gasteiger partial charge in [-0.3, -0.25) is 14.5 Å². The van der Waals surface area contributed by atoms with Gasteiger partial charge in [0.25, 0.3) is 11.7 Å². The molecule has 2 aromatic rings. The highest BCUT2D eigenvalue weighted by molar-refractivity contribution is 6.46. The molecule has 0 spiro atoms. The number of carbonyl (C=O) groups is 2. The van der Waals surface area contributed by atoms with Gasteiger partial charge in [-0.2, -0.15) is 0 Å². The van der Waals surface area contributed by atoms with Crippen molar-refractivity contribution in [1.82, 2.24) is 9.80 Å². The normalized spacial score (nSPS) is 20.6. The summed E-state index contributed by atoms with van der Waals surface area (Å²) in [6, 6.07) is 11.6. The number of halogens is 1. The van der Waals surface area contributed by atoms with Gasteiger partial charge in [-0.05, 0) is 48.4 Å². The number of benzene rings is 2. The van der Waals surface area contributed by atoms with E-state index in [1.54, 1.807) is 24.3 Å². The molecule has 0 aliphatic carbocycles. The Morgan fingerprint density at radius 2 is 1.74 bits per heavy atom. The molecule has 4 rings (SSSR count). The molecule has 0 saturated carbocycles. The maximum absolute atomic E-state index is 13.4. The number of morpholine rings is 1. The van der Waals surface area contributed by atoms with Gasteiger partial charge < -0.3 is 19.5 Å². The molecule has 0 unspecified atom stereocenters. The van der Waals surface area contributed by atoms with Crippen molar-refractivity contribution in [1.29, 1.82) is 0 Å². The molecule has 2 heterocycles. The van der Waals surface area contributed by atoms with Crippen molar-refractivity contribution in [3.63, 3.8) is 0 Å². The summed E-state index contributed by atoms with van der Waals surface area (Å²) in [5.41, 5.74) is 0.968. The fraction of sp³-hybridized carbons (Fsp3) is 0.385. The molecule has 0 radical (unpaired) electrons. The van der Waals surface area contributed by atoms with Crippen LogP contribution in [0.25, 0.3) is 5.76 Å². The van der Waals surface area contributed by atoms with Crippen LogP contribution in [0.1, 0.15) is 30.5 Å². The molecule has 0 bridgehead atoms. The molecular formula is C26H29FN2O5. The lowest BCUT2D eigenvalue weighted by atomic mass is 9.95. The third-order valence-corrected chi connectivity index (χ3v) is 6.09. The molecule has 7 nitrogen and oxygen atoms in total. The number of rotatable bonds is 8. The first-order chi connectivity index (χ1) is 16.5. The zero-order chi connectivity index (χ0) is 24.1. The third-order valence-electron chi connectivity index (χ3n) is 6.09. The molecule has 2 aliphatic heterocycles. The molecule has 2 saturated heterocycles. The van der Waals surface area contributed by atoms with Crippen LogP contribution in [0, 0.1) is 5.82 Å². The van der Waals surface area contributed by atoms with E-state index in [4.69, 9.17) is 9.47 Å². The van der Waals surface area contributed by atoms with Gasteiger partial charge in [0.15, 0.2) is 0 Å². The molecule has 0 aromatic heterocycles. The molecule has 2 aromatic carbocycles. The van der Waals surface area contributed by atoms with Gasteiger partial charge in [0.2, 0.25) is 0 Å². The van der Waals surface area contributed by atoms with E-state index in [0.717, 1.165) is 19.5 Å². The second-order valence-corrected chi connectivity index (χ2v) is 8.37. The fourth-order valence-corrected chi connectivity index (χ4v) is 4.26. The lowest BCUT2D eigenvalue weighted by Crippen LogP contribution is -2.42. The van der Waals surface area contributed by atoms with Gasteiger partial charge in [0.1, 0.15) is 17.3 Å². The smallest absolute Gasteiger partial charge is 0.295 e. The SMILES string of the molecule is CCCOc1ccc([C@H]2C(=C(O)c3ccc(F)cc3)C(=O)C(=O)N2CCN2CCOCC2)cc1. The first-order valence-corrected chi connectivity index (χ1v) is 11.6. The minimum atomic E-state index is -0.758. The minimum Gasteiger partial charge on any atom is -0.507 e. The summed E-state index contributed by atoms with van der Waals surface area (Å²) in [5, 5.41) is 11.0. The number of Topliss-reactive ketones (excluding diaryl/α,β-unsaturated/α-hetero) is 1. The number of hydrogen-bond donors (Lipinski definition) is 1. The van der Waals surface area contributed by atoms with E-state index in [9.17, 15) is 19.1 Å². The standard InChI is InChI=1S/C26H29FN2O5/c1-2-15-34-21-9-5-18(6-10-21)23-22(24(30)19-3-7-20(27)8-4-19)25(31)26(32)29(23)12-11-28-13-16-33-17-14-28/h3-10,23,30H,2,11-17H2,1H3/t23-/m0/s1. The number of aliphatic hydroxyl groups is 1. The van der Waals surface area contributed by atoms with Gasteiger partial charge in [-0.25, -0.2) is 4.39 Å². The van der Waals surface area contributed by atoms with Crippen molar-refractivity contribution in [2.24, 2.45) is 0 Å². The molecular weight excluding hydrogens is 439 g/mol. The highest BCUT2D eigenvalue weighted by Crippen LogP contribution is 2.39.